The van der Waals surface area contributed by atoms with Crippen molar-refractivity contribution in [2.75, 3.05) is 19.8 Å². The molecule has 0 fully saturated rings. The molecule has 1 atom stereocenters. The van der Waals surface area contributed by atoms with Crippen LogP contribution in [0, 0.1) is 6.92 Å². The zero-order chi connectivity index (χ0) is 17.7. The van der Waals surface area contributed by atoms with Crippen molar-refractivity contribution in [1.82, 2.24) is 0 Å². The Kier molecular flexibility index (Phi) is 6.23. The van der Waals surface area contributed by atoms with Crippen LogP contribution in [-0.4, -0.2) is 43.0 Å². The number of aliphatic hydroxyl groups excluding tert-OH is 1. The number of aliphatic hydroxyl groups is 1. The molecule has 6 heteroatoms. The quantitative estimate of drug-likeness (QED) is 0.716. The van der Waals surface area contributed by atoms with Gasteiger partial charge in [0.1, 0.15) is 30.6 Å². The van der Waals surface area contributed by atoms with Gasteiger partial charge in [-0.25, -0.2) is 4.79 Å². The number of nitrogens with two attached hydrogens (primary N) is 1. The number of esters is 1. The maximum atomic E-state index is 12.0. The van der Waals surface area contributed by atoms with Crippen LogP contribution in [-0.2, 0) is 4.74 Å². The van der Waals surface area contributed by atoms with Crippen LogP contribution in [0.25, 0.3) is 11.0 Å². The van der Waals surface area contributed by atoms with E-state index in [4.69, 9.17) is 13.9 Å². The average molecular weight is 336 g/mol. The highest BCUT2D eigenvalue weighted by atomic mass is 16.5. The largest absolute Gasteiger partial charge is 0.490 e. The van der Waals surface area contributed by atoms with E-state index in [1.165, 1.54) is 0 Å². The number of benzene rings is 1. The van der Waals surface area contributed by atoms with Crippen molar-refractivity contribution in [3.05, 3.63) is 29.5 Å². The van der Waals surface area contributed by atoms with E-state index in [9.17, 15) is 9.90 Å². The molecule has 0 saturated heterocycles. The van der Waals surface area contributed by atoms with Crippen LogP contribution < -0.4 is 10.1 Å². The van der Waals surface area contributed by atoms with Gasteiger partial charge in [-0.2, -0.15) is 0 Å². The molecule has 0 aliphatic rings. The Hall–Kier alpha value is -2.05. The molecule has 0 saturated carbocycles. The van der Waals surface area contributed by atoms with Crippen molar-refractivity contribution in [3.63, 3.8) is 0 Å². The summed E-state index contributed by atoms with van der Waals surface area (Å²) in [5.74, 6) is 0.299. The van der Waals surface area contributed by atoms with Gasteiger partial charge in [-0.05, 0) is 39.8 Å². The minimum Gasteiger partial charge on any atom is -0.490 e. The second-order valence-corrected chi connectivity index (χ2v) is 6.09. The lowest BCUT2D eigenvalue weighted by molar-refractivity contribution is -0.688. The van der Waals surface area contributed by atoms with Gasteiger partial charge in [0.15, 0.2) is 0 Å². The van der Waals surface area contributed by atoms with Crippen molar-refractivity contribution in [3.8, 4) is 5.75 Å². The Morgan fingerprint density at radius 3 is 2.79 bits per heavy atom. The molecule has 24 heavy (non-hydrogen) atoms. The van der Waals surface area contributed by atoms with E-state index in [1.54, 1.807) is 32.0 Å². The van der Waals surface area contributed by atoms with Gasteiger partial charge in [0.05, 0.1) is 18.0 Å². The van der Waals surface area contributed by atoms with Gasteiger partial charge >= 0.3 is 5.97 Å². The summed E-state index contributed by atoms with van der Waals surface area (Å²) in [5.41, 5.74) is 1.25. The summed E-state index contributed by atoms with van der Waals surface area (Å²) in [6.07, 6.45) is -0.570. The van der Waals surface area contributed by atoms with Crippen LogP contribution in [0.15, 0.2) is 22.6 Å². The number of aryl methyl sites for hydroxylation is 1. The molecule has 0 aliphatic heterocycles. The summed E-state index contributed by atoms with van der Waals surface area (Å²) < 4.78 is 16.4. The van der Waals surface area contributed by atoms with Crippen molar-refractivity contribution in [2.45, 2.75) is 39.8 Å². The smallest absolute Gasteiger partial charge is 0.374 e. The monoisotopic (exact) mass is 336 g/mol. The molecule has 1 aromatic carbocycles. The molecule has 0 amide bonds. The maximum Gasteiger partial charge on any atom is 0.374 e. The molecule has 1 aromatic heterocycles. The highest BCUT2D eigenvalue weighted by Gasteiger charge is 2.21. The first kappa shape index (κ1) is 18.3. The number of carbonyl (C=O) groups excluding carboxylic acids is 1. The van der Waals surface area contributed by atoms with Gasteiger partial charge in [-0.3, -0.25) is 0 Å². The fourth-order valence-corrected chi connectivity index (χ4v) is 2.46. The van der Waals surface area contributed by atoms with Crippen LogP contribution in [0.3, 0.4) is 0 Å². The zero-order valence-electron chi connectivity index (χ0n) is 14.7. The maximum absolute atomic E-state index is 12.0. The molecular weight excluding hydrogens is 310 g/mol. The van der Waals surface area contributed by atoms with Crippen LogP contribution in [0.5, 0.6) is 5.75 Å². The van der Waals surface area contributed by atoms with Gasteiger partial charge in [-0.15, -0.1) is 0 Å². The minimum atomic E-state index is -0.570. The number of rotatable bonds is 8. The van der Waals surface area contributed by atoms with Crippen molar-refractivity contribution >= 4 is 16.9 Å². The molecule has 1 heterocycles. The molecule has 2 aromatic rings. The summed E-state index contributed by atoms with van der Waals surface area (Å²) in [5, 5.41) is 12.8. The van der Waals surface area contributed by atoms with Crippen molar-refractivity contribution in [2.24, 2.45) is 0 Å². The highest BCUT2D eigenvalue weighted by molar-refractivity contribution is 5.98. The summed E-state index contributed by atoms with van der Waals surface area (Å²) in [7, 11) is 0. The van der Waals surface area contributed by atoms with Gasteiger partial charge in [0.2, 0.25) is 5.76 Å². The van der Waals surface area contributed by atoms with Crippen LogP contribution in [0.1, 0.15) is 36.9 Å². The fraction of sp³-hybridized carbons (Fsp3) is 0.500. The van der Waals surface area contributed by atoms with Crippen molar-refractivity contribution in [1.29, 1.82) is 0 Å². The Labute approximate surface area is 141 Å². The fourth-order valence-electron chi connectivity index (χ4n) is 2.46. The average Bonchev–Trinajstić information content (AvgIpc) is 2.89. The number of ether oxygens (including phenoxy) is 2. The van der Waals surface area contributed by atoms with E-state index in [2.05, 4.69) is 19.2 Å². The third-order valence-electron chi connectivity index (χ3n) is 3.69. The molecule has 3 N–H and O–H groups in total. The number of furan rings is 1. The first-order valence-electron chi connectivity index (χ1n) is 8.27. The lowest BCUT2D eigenvalue weighted by Crippen LogP contribution is -2.90. The predicted molar refractivity (Wildman–Crippen MR) is 90.3 cm³/mol. The van der Waals surface area contributed by atoms with E-state index in [0.717, 1.165) is 5.39 Å². The number of fused-ring (bicyclic) bond motifs is 1. The molecule has 0 bridgehead atoms. The number of carbonyl (C=O) groups is 1. The third kappa shape index (κ3) is 4.27. The van der Waals surface area contributed by atoms with E-state index in [-0.39, 0.29) is 19.0 Å². The summed E-state index contributed by atoms with van der Waals surface area (Å²) in [6.45, 7) is 8.74. The summed E-state index contributed by atoms with van der Waals surface area (Å²) in [4.78, 5) is 12.0. The number of quaternary nitrogens is 1. The summed E-state index contributed by atoms with van der Waals surface area (Å²) >= 11 is 0. The van der Waals surface area contributed by atoms with E-state index >= 15 is 0 Å². The molecule has 6 nitrogen and oxygen atoms in total. The predicted octanol–water partition coefficient (Wildman–Crippen LogP) is 1.63. The van der Waals surface area contributed by atoms with Gasteiger partial charge in [-0.1, -0.05) is 6.07 Å². The van der Waals surface area contributed by atoms with Crippen LogP contribution >= 0.6 is 0 Å². The second-order valence-electron chi connectivity index (χ2n) is 6.09. The molecule has 132 valence electrons. The normalized spacial score (nSPS) is 12.6. The molecule has 0 radical (unpaired) electrons. The first-order chi connectivity index (χ1) is 11.4. The SMILES string of the molecule is CCOC(=O)c1oc2cccc(OC[C@@H](O)C[NH2+]C(C)C)c2c1C. The Balaban J connectivity index is 2.17. The topological polar surface area (TPSA) is 85.5 Å². The highest BCUT2D eigenvalue weighted by Crippen LogP contribution is 2.33. The van der Waals surface area contributed by atoms with Gasteiger partial charge in [0, 0.05) is 5.56 Å². The Bertz CT molecular complexity index is 692. The van der Waals surface area contributed by atoms with E-state index in [1.807, 2.05) is 0 Å². The summed E-state index contributed by atoms with van der Waals surface area (Å²) in [6, 6.07) is 5.80. The molecule has 0 spiro atoms. The lowest BCUT2D eigenvalue weighted by Gasteiger charge is -2.13. The standard InChI is InChI=1S/C18H25NO5/c1-5-22-18(21)17-12(4)16-14(7-6-8-15(16)24-17)23-10-13(20)9-19-11(2)3/h6-8,11,13,19-20H,5,9-10H2,1-4H3/p+1/t13-/m0/s1. The molecule has 0 unspecified atom stereocenters. The third-order valence-corrected chi connectivity index (χ3v) is 3.69. The van der Waals surface area contributed by atoms with Crippen molar-refractivity contribution < 1.29 is 29.1 Å². The zero-order valence-corrected chi connectivity index (χ0v) is 14.7. The van der Waals surface area contributed by atoms with Crippen LogP contribution in [0.4, 0.5) is 0 Å². The number of hydrogen-bond donors (Lipinski definition) is 2. The van der Waals surface area contributed by atoms with Gasteiger partial charge in [0.25, 0.3) is 0 Å². The molecular formula is C18H26NO5+. The minimum absolute atomic E-state index is 0.182. The molecule has 0 aliphatic carbocycles. The van der Waals surface area contributed by atoms with Gasteiger partial charge < -0.3 is 24.3 Å². The first-order valence-corrected chi connectivity index (χ1v) is 8.27. The lowest BCUT2D eigenvalue weighted by atomic mass is 10.1. The number of hydrogen-bond acceptors (Lipinski definition) is 5. The van der Waals surface area contributed by atoms with Crippen LogP contribution in [0.2, 0.25) is 0 Å². The second kappa shape index (κ2) is 8.17. The molecule has 2 rings (SSSR count). The Morgan fingerprint density at radius 2 is 2.12 bits per heavy atom. The Morgan fingerprint density at radius 1 is 1.38 bits per heavy atom. The van der Waals surface area contributed by atoms with E-state index in [0.29, 0.717) is 29.5 Å². The van der Waals surface area contributed by atoms with E-state index < -0.39 is 12.1 Å².